The summed E-state index contributed by atoms with van der Waals surface area (Å²) in [5, 5.41) is 19.6. The Kier molecular flexibility index (Phi) is 3.80. The minimum atomic E-state index is -0.409. The van der Waals surface area contributed by atoms with Gasteiger partial charge in [-0.3, -0.25) is 10.1 Å². The summed E-state index contributed by atoms with van der Waals surface area (Å²) in [6.07, 6.45) is 0.743. The first kappa shape index (κ1) is 11.7. The van der Waals surface area contributed by atoms with Crippen LogP contribution in [0.3, 0.4) is 0 Å². The van der Waals surface area contributed by atoms with Crippen LogP contribution in [0.5, 0.6) is 0 Å². The molecule has 0 aromatic heterocycles. The topological polar surface area (TPSA) is 63.4 Å². The van der Waals surface area contributed by atoms with Gasteiger partial charge in [-0.05, 0) is 17.5 Å². The van der Waals surface area contributed by atoms with E-state index in [1.807, 2.05) is 13.0 Å². The van der Waals surface area contributed by atoms with Crippen molar-refractivity contribution in [2.24, 2.45) is 0 Å². The first-order valence-electron chi connectivity index (χ1n) is 4.80. The zero-order valence-electron chi connectivity index (χ0n) is 8.86. The van der Waals surface area contributed by atoms with Gasteiger partial charge in [-0.2, -0.15) is 0 Å². The number of aliphatic hydroxyl groups is 1. The molecule has 0 unspecified atom stereocenters. The SMILES string of the molecule is CCc1cc([C](C)CO)cc([N+](=O)[O-])c1. The molecule has 0 fully saturated rings. The number of hydrogen-bond acceptors (Lipinski definition) is 3. The second kappa shape index (κ2) is 4.89. The zero-order valence-corrected chi connectivity index (χ0v) is 8.86. The van der Waals surface area contributed by atoms with E-state index in [0.717, 1.165) is 23.5 Å². The van der Waals surface area contributed by atoms with Crippen LogP contribution in [0.15, 0.2) is 18.2 Å². The van der Waals surface area contributed by atoms with E-state index in [1.165, 1.54) is 6.07 Å². The highest BCUT2D eigenvalue weighted by Gasteiger charge is 2.12. The number of aliphatic hydroxyl groups excluding tert-OH is 1. The lowest BCUT2D eigenvalue weighted by Gasteiger charge is -2.09. The summed E-state index contributed by atoms with van der Waals surface area (Å²) in [7, 11) is 0. The van der Waals surface area contributed by atoms with Crippen LogP contribution in [0.1, 0.15) is 25.0 Å². The van der Waals surface area contributed by atoms with Crippen molar-refractivity contribution in [1.29, 1.82) is 0 Å². The molecule has 15 heavy (non-hydrogen) atoms. The lowest BCUT2D eigenvalue weighted by Crippen LogP contribution is -2.02. The van der Waals surface area contributed by atoms with Gasteiger partial charge in [0.2, 0.25) is 0 Å². The molecule has 0 saturated heterocycles. The predicted octanol–water partition coefficient (Wildman–Crippen LogP) is 2.09. The molecule has 1 aromatic rings. The fraction of sp³-hybridized carbons (Fsp3) is 0.364. The molecule has 81 valence electrons. The van der Waals surface area contributed by atoms with Gasteiger partial charge in [-0.15, -0.1) is 0 Å². The fourth-order valence-corrected chi connectivity index (χ4v) is 1.32. The lowest BCUT2D eigenvalue weighted by molar-refractivity contribution is -0.385. The second-order valence-electron chi connectivity index (χ2n) is 3.44. The lowest BCUT2D eigenvalue weighted by atomic mass is 9.98. The maximum absolute atomic E-state index is 10.7. The number of hydrogen-bond donors (Lipinski definition) is 1. The minimum absolute atomic E-state index is 0.0790. The Morgan fingerprint density at radius 1 is 1.47 bits per heavy atom. The van der Waals surface area contributed by atoms with Crippen LogP contribution in [0.2, 0.25) is 0 Å². The summed E-state index contributed by atoms with van der Waals surface area (Å²) in [5.41, 5.74) is 1.73. The quantitative estimate of drug-likeness (QED) is 0.608. The molecule has 0 aliphatic heterocycles. The van der Waals surface area contributed by atoms with Crippen LogP contribution in [0, 0.1) is 16.0 Å². The summed E-state index contributed by atoms with van der Waals surface area (Å²) in [6.45, 7) is 3.62. The molecule has 0 aliphatic rings. The molecule has 1 N–H and O–H groups in total. The van der Waals surface area contributed by atoms with E-state index in [2.05, 4.69) is 0 Å². The normalized spacial score (nSPS) is 10.7. The Hall–Kier alpha value is -1.42. The Morgan fingerprint density at radius 3 is 2.60 bits per heavy atom. The van der Waals surface area contributed by atoms with Crippen molar-refractivity contribution in [1.82, 2.24) is 0 Å². The molecule has 0 heterocycles. The average molecular weight is 208 g/mol. The number of non-ortho nitro benzene ring substituents is 1. The van der Waals surface area contributed by atoms with Crippen molar-refractivity contribution in [2.45, 2.75) is 20.3 Å². The number of nitro benzene ring substituents is 1. The molecule has 0 atom stereocenters. The highest BCUT2D eigenvalue weighted by Crippen LogP contribution is 2.22. The number of rotatable bonds is 4. The van der Waals surface area contributed by atoms with E-state index in [1.54, 1.807) is 13.0 Å². The maximum Gasteiger partial charge on any atom is 0.269 e. The third-order valence-electron chi connectivity index (χ3n) is 2.33. The van der Waals surface area contributed by atoms with E-state index >= 15 is 0 Å². The summed E-state index contributed by atoms with van der Waals surface area (Å²) in [4.78, 5) is 10.3. The van der Waals surface area contributed by atoms with Crippen molar-refractivity contribution in [3.63, 3.8) is 0 Å². The molecule has 4 heteroatoms. The van der Waals surface area contributed by atoms with Crippen molar-refractivity contribution in [3.8, 4) is 0 Å². The molecule has 4 nitrogen and oxygen atoms in total. The van der Waals surface area contributed by atoms with Crippen molar-refractivity contribution >= 4 is 5.69 Å². The van der Waals surface area contributed by atoms with Gasteiger partial charge < -0.3 is 5.11 Å². The first-order valence-corrected chi connectivity index (χ1v) is 4.80. The molecule has 0 bridgehead atoms. The average Bonchev–Trinajstić information content (AvgIpc) is 2.27. The number of nitrogens with zero attached hydrogens (tertiary/aromatic N) is 1. The zero-order chi connectivity index (χ0) is 11.4. The smallest absolute Gasteiger partial charge is 0.269 e. The Bertz CT molecular complexity index is 363. The van der Waals surface area contributed by atoms with Crippen LogP contribution >= 0.6 is 0 Å². The number of nitro groups is 1. The highest BCUT2D eigenvalue weighted by molar-refractivity contribution is 5.44. The Balaban J connectivity index is 3.16. The molecule has 0 saturated carbocycles. The van der Waals surface area contributed by atoms with Crippen molar-refractivity contribution in [3.05, 3.63) is 45.4 Å². The van der Waals surface area contributed by atoms with Crippen molar-refractivity contribution < 1.29 is 10.0 Å². The van der Waals surface area contributed by atoms with Gasteiger partial charge in [0.05, 0.1) is 11.5 Å². The van der Waals surface area contributed by atoms with Gasteiger partial charge in [0, 0.05) is 18.1 Å². The highest BCUT2D eigenvalue weighted by atomic mass is 16.6. The molecular weight excluding hydrogens is 194 g/mol. The monoisotopic (exact) mass is 208 g/mol. The number of aryl methyl sites for hydroxylation is 1. The van der Waals surface area contributed by atoms with Gasteiger partial charge in [0.15, 0.2) is 0 Å². The number of benzene rings is 1. The van der Waals surface area contributed by atoms with E-state index in [4.69, 9.17) is 5.11 Å². The predicted molar refractivity (Wildman–Crippen MR) is 57.6 cm³/mol. The van der Waals surface area contributed by atoms with Gasteiger partial charge in [-0.1, -0.05) is 19.9 Å². The van der Waals surface area contributed by atoms with E-state index in [0.29, 0.717) is 0 Å². The largest absolute Gasteiger partial charge is 0.395 e. The standard InChI is InChI=1S/C11H14NO3/c1-3-9-4-10(8(2)7-13)6-11(5-9)12(14)15/h4-6,13H,3,7H2,1-2H3. The molecule has 0 spiro atoms. The Morgan fingerprint density at radius 2 is 2.13 bits per heavy atom. The van der Waals surface area contributed by atoms with Crippen LogP contribution in [-0.4, -0.2) is 16.6 Å². The van der Waals surface area contributed by atoms with Gasteiger partial charge in [0.25, 0.3) is 5.69 Å². The molecular formula is C11H14NO3. The molecule has 1 radical (unpaired) electrons. The third kappa shape index (κ3) is 2.76. The minimum Gasteiger partial charge on any atom is -0.395 e. The maximum atomic E-state index is 10.7. The summed E-state index contributed by atoms with van der Waals surface area (Å²) in [6, 6.07) is 4.93. The van der Waals surface area contributed by atoms with E-state index in [9.17, 15) is 10.1 Å². The summed E-state index contributed by atoms with van der Waals surface area (Å²) in [5.74, 6) is 0.744. The molecule has 1 aromatic carbocycles. The van der Waals surface area contributed by atoms with E-state index < -0.39 is 4.92 Å². The Labute approximate surface area is 88.7 Å². The van der Waals surface area contributed by atoms with Crippen LogP contribution in [0.25, 0.3) is 0 Å². The van der Waals surface area contributed by atoms with Crippen LogP contribution in [-0.2, 0) is 6.42 Å². The second-order valence-corrected chi connectivity index (χ2v) is 3.44. The summed E-state index contributed by atoms with van der Waals surface area (Å²) >= 11 is 0. The molecule has 0 amide bonds. The van der Waals surface area contributed by atoms with Crippen molar-refractivity contribution in [2.75, 3.05) is 6.61 Å². The third-order valence-corrected chi connectivity index (χ3v) is 2.33. The van der Waals surface area contributed by atoms with Gasteiger partial charge in [0.1, 0.15) is 0 Å². The first-order chi connectivity index (χ1) is 7.08. The molecule has 1 rings (SSSR count). The van der Waals surface area contributed by atoms with Crippen LogP contribution in [0.4, 0.5) is 5.69 Å². The fourth-order valence-electron chi connectivity index (χ4n) is 1.32. The van der Waals surface area contributed by atoms with Crippen LogP contribution < -0.4 is 0 Å². The van der Waals surface area contributed by atoms with E-state index in [-0.39, 0.29) is 12.3 Å². The molecule has 0 aliphatic carbocycles. The van der Waals surface area contributed by atoms with Gasteiger partial charge in [-0.25, -0.2) is 0 Å². The summed E-state index contributed by atoms with van der Waals surface area (Å²) < 4.78 is 0. The van der Waals surface area contributed by atoms with Gasteiger partial charge >= 0.3 is 0 Å².